The van der Waals surface area contributed by atoms with Crippen LogP contribution in [0.4, 0.5) is 0 Å². The first-order valence-electron chi connectivity index (χ1n) is 5.70. The maximum atomic E-state index is 11.8. The van der Waals surface area contributed by atoms with Gasteiger partial charge in [-0.3, -0.25) is 4.79 Å². The summed E-state index contributed by atoms with van der Waals surface area (Å²) in [7, 11) is 0. The number of aromatic amines is 1. The van der Waals surface area contributed by atoms with Crippen molar-refractivity contribution in [3.63, 3.8) is 0 Å². The Morgan fingerprint density at radius 3 is 2.83 bits per heavy atom. The molecule has 0 spiro atoms. The van der Waals surface area contributed by atoms with Crippen LogP contribution >= 0.6 is 15.9 Å². The first-order valence-corrected chi connectivity index (χ1v) is 6.49. The SMILES string of the molecule is CCCc1c(O)nc(-c2cccc(Br)c2)[nH]c1=O. The van der Waals surface area contributed by atoms with E-state index in [9.17, 15) is 9.90 Å². The average Bonchev–Trinajstić information content (AvgIpc) is 2.33. The lowest BCUT2D eigenvalue weighted by Gasteiger charge is -2.05. The van der Waals surface area contributed by atoms with E-state index in [1.54, 1.807) is 0 Å². The summed E-state index contributed by atoms with van der Waals surface area (Å²) >= 11 is 3.35. The quantitative estimate of drug-likeness (QED) is 0.916. The zero-order valence-corrected chi connectivity index (χ0v) is 11.5. The molecule has 2 N–H and O–H groups in total. The molecule has 0 aliphatic carbocycles. The smallest absolute Gasteiger partial charge is 0.258 e. The minimum atomic E-state index is -0.278. The predicted molar refractivity (Wildman–Crippen MR) is 73.7 cm³/mol. The van der Waals surface area contributed by atoms with E-state index >= 15 is 0 Å². The number of nitrogens with one attached hydrogen (secondary N) is 1. The Labute approximate surface area is 113 Å². The van der Waals surface area contributed by atoms with E-state index in [0.717, 1.165) is 16.5 Å². The second kappa shape index (κ2) is 5.35. The first-order chi connectivity index (χ1) is 8.61. The largest absolute Gasteiger partial charge is 0.493 e. The third-order valence-corrected chi connectivity index (χ3v) is 3.08. The Morgan fingerprint density at radius 1 is 1.44 bits per heavy atom. The maximum Gasteiger partial charge on any atom is 0.258 e. The molecule has 0 aliphatic heterocycles. The number of aromatic hydroxyl groups is 1. The number of benzene rings is 1. The van der Waals surface area contributed by atoms with Crippen LogP contribution < -0.4 is 5.56 Å². The summed E-state index contributed by atoms with van der Waals surface area (Å²) in [6, 6.07) is 7.38. The topological polar surface area (TPSA) is 66.0 Å². The number of rotatable bonds is 3. The highest BCUT2D eigenvalue weighted by molar-refractivity contribution is 9.10. The van der Waals surface area contributed by atoms with Crippen molar-refractivity contribution in [2.45, 2.75) is 19.8 Å². The zero-order chi connectivity index (χ0) is 13.1. The van der Waals surface area contributed by atoms with Crippen molar-refractivity contribution >= 4 is 15.9 Å². The Balaban J connectivity index is 2.51. The van der Waals surface area contributed by atoms with Crippen molar-refractivity contribution in [2.75, 3.05) is 0 Å². The van der Waals surface area contributed by atoms with Gasteiger partial charge in [-0.2, -0.15) is 4.98 Å². The maximum absolute atomic E-state index is 11.8. The van der Waals surface area contributed by atoms with E-state index in [-0.39, 0.29) is 11.4 Å². The lowest BCUT2D eigenvalue weighted by Crippen LogP contribution is -2.15. The lowest BCUT2D eigenvalue weighted by atomic mass is 10.1. The summed E-state index contributed by atoms with van der Waals surface area (Å²) in [6.45, 7) is 1.95. The van der Waals surface area contributed by atoms with Gasteiger partial charge in [0.2, 0.25) is 5.88 Å². The summed E-state index contributed by atoms with van der Waals surface area (Å²) in [4.78, 5) is 18.6. The molecule has 0 saturated heterocycles. The molecule has 0 saturated carbocycles. The first kappa shape index (κ1) is 12.8. The normalized spacial score (nSPS) is 10.6. The van der Waals surface area contributed by atoms with Gasteiger partial charge in [-0.05, 0) is 18.6 Å². The predicted octanol–water partition coefficient (Wildman–Crippen LogP) is 2.86. The molecule has 0 amide bonds. The number of halogens is 1. The monoisotopic (exact) mass is 308 g/mol. The van der Waals surface area contributed by atoms with Crippen LogP contribution in [0.25, 0.3) is 11.4 Å². The molecule has 1 aromatic carbocycles. The molecule has 18 heavy (non-hydrogen) atoms. The van der Waals surface area contributed by atoms with E-state index in [1.165, 1.54) is 0 Å². The third-order valence-electron chi connectivity index (χ3n) is 2.59. The van der Waals surface area contributed by atoms with Gasteiger partial charge in [-0.25, -0.2) is 0 Å². The number of H-pyrrole nitrogens is 1. The summed E-state index contributed by atoms with van der Waals surface area (Å²) in [5, 5.41) is 9.79. The van der Waals surface area contributed by atoms with Crippen molar-refractivity contribution < 1.29 is 5.11 Å². The highest BCUT2D eigenvalue weighted by Gasteiger charge is 2.10. The minimum absolute atomic E-state index is 0.185. The molecule has 1 heterocycles. The average molecular weight is 309 g/mol. The Kier molecular flexibility index (Phi) is 3.81. The van der Waals surface area contributed by atoms with Gasteiger partial charge in [0.05, 0.1) is 5.56 Å². The lowest BCUT2D eigenvalue weighted by molar-refractivity contribution is 0.443. The van der Waals surface area contributed by atoms with E-state index < -0.39 is 0 Å². The van der Waals surface area contributed by atoms with E-state index in [0.29, 0.717) is 17.8 Å². The zero-order valence-electron chi connectivity index (χ0n) is 9.90. The molecule has 0 atom stereocenters. The van der Waals surface area contributed by atoms with Crippen molar-refractivity contribution in [3.05, 3.63) is 44.7 Å². The van der Waals surface area contributed by atoms with E-state index in [2.05, 4.69) is 25.9 Å². The van der Waals surface area contributed by atoms with Crippen LogP contribution in [0.5, 0.6) is 5.88 Å². The molecular formula is C13H13BrN2O2. The Bertz CT molecular complexity index is 623. The van der Waals surface area contributed by atoms with Crippen LogP contribution in [-0.4, -0.2) is 15.1 Å². The number of hydrogen-bond donors (Lipinski definition) is 2. The van der Waals surface area contributed by atoms with Crippen LogP contribution in [0.1, 0.15) is 18.9 Å². The van der Waals surface area contributed by atoms with Gasteiger partial charge in [-0.15, -0.1) is 0 Å². The number of hydrogen-bond acceptors (Lipinski definition) is 3. The Morgan fingerprint density at radius 2 is 2.22 bits per heavy atom. The van der Waals surface area contributed by atoms with Crippen LogP contribution in [-0.2, 0) is 6.42 Å². The third kappa shape index (κ3) is 2.61. The van der Waals surface area contributed by atoms with Crippen molar-refractivity contribution in [1.82, 2.24) is 9.97 Å². The van der Waals surface area contributed by atoms with Gasteiger partial charge in [0.25, 0.3) is 5.56 Å². The fourth-order valence-electron chi connectivity index (χ4n) is 1.73. The summed E-state index contributed by atoms with van der Waals surface area (Å²) in [5.74, 6) is 0.189. The highest BCUT2D eigenvalue weighted by Crippen LogP contribution is 2.21. The summed E-state index contributed by atoms with van der Waals surface area (Å²) in [6.07, 6.45) is 1.31. The molecular weight excluding hydrogens is 296 g/mol. The standard InChI is InChI=1S/C13H13BrN2O2/c1-2-4-10-12(17)15-11(16-13(10)18)8-5-3-6-9(14)7-8/h3,5-7H,2,4H2,1H3,(H2,15,16,17,18). The number of nitrogens with zero attached hydrogens (tertiary/aromatic N) is 1. The summed E-state index contributed by atoms with van der Waals surface area (Å²) < 4.78 is 0.889. The molecule has 4 nitrogen and oxygen atoms in total. The van der Waals surface area contributed by atoms with Crippen LogP contribution in [0.2, 0.25) is 0 Å². The van der Waals surface area contributed by atoms with E-state index in [4.69, 9.17) is 0 Å². The fraction of sp³-hybridized carbons (Fsp3) is 0.231. The van der Waals surface area contributed by atoms with Gasteiger partial charge < -0.3 is 10.1 Å². The molecule has 0 aliphatic rings. The van der Waals surface area contributed by atoms with Gasteiger partial charge in [0.15, 0.2) is 0 Å². The number of aromatic nitrogens is 2. The van der Waals surface area contributed by atoms with Crippen LogP contribution in [0.3, 0.4) is 0 Å². The Hall–Kier alpha value is -1.62. The highest BCUT2D eigenvalue weighted by atomic mass is 79.9. The van der Waals surface area contributed by atoms with Gasteiger partial charge in [0, 0.05) is 10.0 Å². The van der Waals surface area contributed by atoms with Gasteiger partial charge in [-0.1, -0.05) is 41.4 Å². The summed E-state index contributed by atoms with van der Waals surface area (Å²) in [5.41, 5.74) is 0.815. The molecule has 5 heteroatoms. The van der Waals surface area contributed by atoms with Crippen molar-refractivity contribution in [3.8, 4) is 17.3 Å². The van der Waals surface area contributed by atoms with Gasteiger partial charge >= 0.3 is 0 Å². The van der Waals surface area contributed by atoms with Crippen molar-refractivity contribution in [2.24, 2.45) is 0 Å². The molecule has 2 aromatic rings. The molecule has 0 unspecified atom stereocenters. The fourth-order valence-corrected chi connectivity index (χ4v) is 2.13. The molecule has 0 bridgehead atoms. The molecule has 2 rings (SSSR count). The second-order valence-electron chi connectivity index (χ2n) is 3.98. The molecule has 1 aromatic heterocycles. The minimum Gasteiger partial charge on any atom is -0.493 e. The molecule has 0 fully saturated rings. The second-order valence-corrected chi connectivity index (χ2v) is 4.89. The van der Waals surface area contributed by atoms with Crippen LogP contribution in [0, 0.1) is 0 Å². The molecule has 94 valence electrons. The van der Waals surface area contributed by atoms with Crippen molar-refractivity contribution in [1.29, 1.82) is 0 Å². The van der Waals surface area contributed by atoms with Crippen LogP contribution in [0.15, 0.2) is 33.5 Å². The molecule has 0 radical (unpaired) electrons. The van der Waals surface area contributed by atoms with Gasteiger partial charge in [0.1, 0.15) is 5.82 Å². The van der Waals surface area contributed by atoms with E-state index in [1.807, 2.05) is 31.2 Å².